The molecule has 1 atom stereocenters. The van der Waals surface area contributed by atoms with Gasteiger partial charge in [-0.15, -0.1) is 0 Å². The van der Waals surface area contributed by atoms with Crippen molar-refractivity contribution in [3.05, 3.63) is 28.5 Å². The van der Waals surface area contributed by atoms with E-state index in [-0.39, 0.29) is 17.3 Å². The van der Waals surface area contributed by atoms with Crippen molar-refractivity contribution in [2.75, 3.05) is 13.1 Å². The molecule has 0 N–H and O–H groups in total. The van der Waals surface area contributed by atoms with Crippen LogP contribution in [0, 0.1) is 0 Å². The van der Waals surface area contributed by atoms with Gasteiger partial charge < -0.3 is 14.2 Å². The van der Waals surface area contributed by atoms with E-state index in [2.05, 4.69) is 4.98 Å². The summed E-state index contributed by atoms with van der Waals surface area (Å²) in [4.78, 5) is 42.7. The van der Waals surface area contributed by atoms with Gasteiger partial charge in [-0.1, -0.05) is 0 Å². The Morgan fingerprint density at radius 2 is 1.95 bits per heavy atom. The van der Waals surface area contributed by atoms with Crippen molar-refractivity contribution >= 4 is 17.5 Å². The number of fused-ring (bicyclic) bond motifs is 3. The monoisotopic (exact) mass is 301 g/mol. The summed E-state index contributed by atoms with van der Waals surface area (Å²) in [6, 6.07) is 0. The summed E-state index contributed by atoms with van der Waals surface area (Å²) in [5.41, 5.74) is 1.49. The third kappa shape index (κ3) is 1.68. The molecule has 3 heterocycles. The first-order valence-electron chi connectivity index (χ1n) is 7.32. The predicted molar refractivity (Wildman–Crippen MR) is 74.3 cm³/mol. The predicted octanol–water partition coefficient (Wildman–Crippen LogP) is 0.860. The lowest BCUT2D eigenvalue weighted by molar-refractivity contribution is -0.146. The van der Waals surface area contributed by atoms with E-state index in [0.29, 0.717) is 35.8 Å². The van der Waals surface area contributed by atoms with Gasteiger partial charge in [0.1, 0.15) is 11.4 Å². The van der Waals surface area contributed by atoms with Crippen molar-refractivity contribution in [3.8, 4) is 0 Å². The fourth-order valence-electron chi connectivity index (χ4n) is 3.24. The van der Waals surface area contributed by atoms with Crippen LogP contribution in [0.5, 0.6) is 0 Å². The van der Waals surface area contributed by atoms with Crippen molar-refractivity contribution in [2.45, 2.75) is 32.9 Å². The van der Waals surface area contributed by atoms with Crippen LogP contribution < -0.4 is 0 Å². The van der Waals surface area contributed by atoms with E-state index in [1.165, 1.54) is 6.92 Å². The maximum atomic E-state index is 12.8. The van der Waals surface area contributed by atoms with Crippen LogP contribution in [0.1, 0.15) is 53.2 Å². The second kappa shape index (κ2) is 4.28. The number of aromatic nitrogens is 2. The summed E-state index contributed by atoms with van der Waals surface area (Å²) in [5.74, 6) is -0.246. The molecule has 4 rings (SSSR count). The summed E-state index contributed by atoms with van der Waals surface area (Å²) in [6.07, 6.45) is 0.104. The lowest BCUT2D eigenvalue weighted by Gasteiger charge is -2.17. The summed E-state index contributed by atoms with van der Waals surface area (Å²) in [6.45, 7) is 5.15. The first kappa shape index (κ1) is 13.2. The first-order chi connectivity index (χ1) is 10.5. The highest BCUT2D eigenvalue weighted by atomic mass is 16.5. The maximum absolute atomic E-state index is 12.8. The molecule has 7 heteroatoms. The van der Waals surface area contributed by atoms with Crippen molar-refractivity contribution in [2.24, 2.45) is 0 Å². The van der Waals surface area contributed by atoms with Crippen LogP contribution in [0.4, 0.5) is 0 Å². The molecule has 0 spiro atoms. The first-order valence-corrected chi connectivity index (χ1v) is 7.32. The number of Topliss-reactive ketones (excluding diaryl/α,β-unsaturated/α-hetero) is 2. The Hall–Kier alpha value is -2.44. The molecule has 1 fully saturated rings. The van der Waals surface area contributed by atoms with Crippen LogP contribution in [0.15, 0.2) is 11.3 Å². The van der Waals surface area contributed by atoms with Crippen LogP contribution in [0.2, 0.25) is 0 Å². The van der Waals surface area contributed by atoms with Gasteiger partial charge in [-0.2, -0.15) is 0 Å². The Morgan fingerprint density at radius 1 is 1.23 bits per heavy atom. The van der Waals surface area contributed by atoms with Gasteiger partial charge in [-0.05, 0) is 6.92 Å². The number of carbonyl (C=O) groups excluding carboxylic acids is 3. The zero-order valence-corrected chi connectivity index (χ0v) is 12.4. The van der Waals surface area contributed by atoms with Gasteiger partial charge in [0.05, 0.1) is 5.70 Å². The zero-order chi connectivity index (χ0) is 15.6. The maximum Gasteiger partial charge on any atom is 0.303 e. The van der Waals surface area contributed by atoms with Crippen LogP contribution in [-0.4, -0.2) is 45.1 Å². The minimum atomic E-state index is -0.478. The molecule has 0 bridgehead atoms. The van der Waals surface area contributed by atoms with Crippen molar-refractivity contribution in [1.82, 2.24) is 14.5 Å². The number of allylic oxidation sites excluding steroid dienone is 2. The smallest absolute Gasteiger partial charge is 0.303 e. The van der Waals surface area contributed by atoms with Crippen molar-refractivity contribution in [1.29, 1.82) is 0 Å². The number of ether oxygens (including phenoxy) is 1. The fraction of sp³-hybridized carbons (Fsp3) is 0.467. The highest BCUT2D eigenvalue weighted by Crippen LogP contribution is 2.37. The molecule has 1 aromatic rings. The Bertz CT molecular complexity index is 770. The van der Waals surface area contributed by atoms with Crippen LogP contribution in [0.25, 0.3) is 0 Å². The molecule has 0 saturated carbocycles. The van der Waals surface area contributed by atoms with Crippen molar-refractivity contribution in [3.63, 3.8) is 0 Å². The molecule has 7 nitrogen and oxygen atoms in total. The minimum absolute atomic E-state index is 0.146. The number of ketones is 2. The number of hydrogen-bond donors (Lipinski definition) is 0. The van der Waals surface area contributed by atoms with Crippen LogP contribution in [0.3, 0.4) is 0 Å². The molecule has 2 aliphatic heterocycles. The summed E-state index contributed by atoms with van der Waals surface area (Å²) >= 11 is 0. The van der Waals surface area contributed by atoms with Gasteiger partial charge >= 0.3 is 5.97 Å². The van der Waals surface area contributed by atoms with E-state index < -0.39 is 12.1 Å². The van der Waals surface area contributed by atoms with E-state index in [0.717, 1.165) is 13.1 Å². The quantitative estimate of drug-likeness (QED) is 0.595. The minimum Gasteiger partial charge on any atom is -0.454 e. The molecule has 1 saturated heterocycles. The largest absolute Gasteiger partial charge is 0.454 e. The second-order valence-electron chi connectivity index (χ2n) is 5.82. The number of nitrogens with zero attached hydrogens (tertiary/aromatic N) is 3. The Kier molecular flexibility index (Phi) is 2.58. The Balaban J connectivity index is 1.81. The number of hydrogen-bond acceptors (Lipinski definition) is 6. The van der Waals surface area contributed by atoms with Gasteiger partial charge in [-0.3, -0.25) is 14.4 Å². The normalized spacial score (nSPS) is 22.8. The van der Waals surface area contributed by atoms with E-state index >= 15 is 0 Å². The Labute approximate surface area is 126 Å². The van der Waals surface area contributed by atoms with Gasteiger partial charge in [0.2, 0.25) is 11.6 Å². The Morgan fingerprint density at radius 3 is 2.59 bits per heavy atom. The molecule has 1 aromatic heterocycles. The van der Waals surface area contributed by atoms with Gasteiger partial charge in [0, 0.05) is 38.6 Å². The third-order valence-electron chi connectivity index (χ3n) is 4.31. The van der Waals surface area contributed by atoms with E-state index in [1.54, 1.807) is 11.5 Å². The highest BCUT2D eigenvalue weighted by Gasteiger charge is 2.43. The second-order valence-corrected chi connectivity index (χ2v) is 5.82. The topological polar surface area (TPSA) is 81.3 Å². The summed E-state index contributed by atoms with van der Waals surface area (Å²) in [5, 5.41) is 0. The van der Waals surface area contributed by atoms with Crippen molar-refractivity contribution < 1.29 is 19.1 Å². The van der Waals surface area contributed by atoms with Gasteiger partial charge in [0.25, 0.3) is 0 Å². The third-order valence-corrected chi connectivity index (χ3v) is 4.31. The van der Waals surface area contributed by atoms with E-state index in [9.17, 15) is 14.4 Å². The highest BCUT2D eigenvalue weighted by molar-refractivity contribution is 6.25. The molecule has 0 amide bonds. The van der Waals surface area contributed by atoms with Gasteiger partial charge in [-0.25, -0.2) is 4.98 Å². The standard InChI is InChI=1S/C15H15N3O4/c1-7-11(17-5-6-17)14(21)12-10(13(7)20)16-15-9(22-8(2)19)3-4-18(12)15/h9H,3-6H2,1-2H3. The number of carbonyl (C=O) groups is 3. The zero-order valence-electron chi connectivity index (χ0n) is 12.4. The lowest BCUT2D eigenvalue weighted by atomic mass is 9.95. The molecule has 114 valence electrons. The number of rotatable bonds is 2. The molecule has 1 aliphatic carbocycles. The van der Waals surface area contributed by atoms with Crippen LogP contribution in [-0.2, 0) is 16.1 Å². The fourth-order valence-corrected chi connectivity index (χ4v) is 3.24. The molecular formula is C15H15N3O4. The average molecular weight is 301 g/mol. The van der Waals surface area contributed by atoms with E-state index in [1.807, 2.05) is 4.90 Å². The number of esters is 1. The molecule has 0 radical (unpaired) electrons. The average Bonchev–Trinajstić information content (AvgIpc) is 3.09. The lowest BCUT2D eigenvalue weighted by Crippen LogP contribution is -2.26. The molecule has 3 aliphatic rings. The summed E-state index contributed by atoms with van der Waals surface area (Å²) < 4.78 is 6.97. The SMILES string of the molecule is CC(=O)OC1CCn2c1nc1c2C(=O)C(N2CC2)=C(C)C1=O. The molecule has 0 aromatic carbocycles. The molecule has 1 unspecified atom stereocenters. The molecule has 22 heavy (non-hydrogen) atoms. The van der Waals surface area contributed by atoms with Crippen LogP contribution >= 0.6 is 0 Å². The van der Waals surface area contributed by atoms with Gasteiger partial charge in [0.15, 0.2) is 11.9 Å². The number of imidazole rings is 1. The van der Waals surface area contributed by atoms with E-state index in [4.69, 9.17) is 4.74 Å². The summed E-state index contributed by atoms with van der Waals surface area (Å²) in [7, 11) is 0. The molecular weight excluding hydrogens is 286 g/mol.